The third-order valence-electron chi connectivity index (χ3n) is 5.06. The van der Waals surface area contributed by atoms with Gasteiger partial charge in [-0.3, -0.25) is 14.6 Å². The summed E-state index contributed by atoms with van der Waals surface area (Å²) in [5, 5.41) is 12.2. The highest BCUT2D eigenvalue weighted by Crippen LogP contribution is 2.38. The van der Waals surface area contributed by atoms with Crippen LogP contribution in [0.2, 0.25) is 0 Å². The van der Waals surface area contributed by atoms with Gasteiger partial charge in [-0.1, -0.05) is 30.3 Å². The summed E-state index contributed by atoms with van der Waals surface area (Å²) in [6.07, 6.45) is 3.27. The normalized spacial score (nSPS) is 22.3. The van der Waals surface area contributed by atoms with E-state index in [-0.39, 0.29) is 11.4 Å². The number of nitriles is 1. The van der Waals surface area contributed by atoms with Crippen LogP contribution in [0.25, 0.3) is 0 Å². The Hall–Kier alpha value is -3.14. The molecule has 1 saturated heterocycles. The van der Waals surface area contributed by atoms with Crippen LogP contribution in [0.3, 0.4) is 0 Å². The van der Waals surface area contributed by atoms with Crippen molar-refractivity contribution in [2.45, 2.75) is 25.2 Å². The van der Waals surface area contributed by atoms with Gasteiger partial charge < -0.3 is 10.2 Å². The summed E-state index contributed by atoms with van der Waals surface area (Å²) in [4.78, 5) is 34.8. The van der Waals surface area contributed by atoms with Crippen LogP contribution in [0.5, 0.6) is 0 Å². The van der Waals surface area contributed by atoms with Gasteiger partial charge in [0, 0.05) is 19.0 Å². The number of rotatable bonds is 2. The van der Waals surface area contributed by atoms with Crippen molar-refractivity contribution in [3.05, 3.63) is 51.8 Å². The molecule has 0 aliphatic carbocycles. The SMILES string of the molecule is N#C[C@@H]1C(=O)Nc2nc(N3CCCCC3)[nH]c(=O)c2[C@H]1c1ccccc1. The van der Waals surface area contributed by atoms with Crippen molar-refractivity contribution in [3.8, 4) is 6.07 Å². The van der Waals surface area contributed by atoms with Crippen molar-refractivity contribution < 1.29 is 4.79 Å². The molecule has 4 rings (SSSR count). The highest BCUT2D eigenvalue weighted by molar-refractivity contribution is 5.97. The molecule has 7 nitrogen and oxygen atoms in total. The second kappa shape index (κ2) is 6.64. The lowest BCUT2D eigenvalue weighted by Crippen LogP contribution is -2.40. The molecule has 2 aliphatic rings. The Bertz CT molecular complexity index is 925. The molecule has 2 aromatic rings. The Balaban J connectivity index is 1.84. The molecule has 0 spiro atoms. The lowest BCUT2D eigenvalue weighted by molar-refractivity contribution is -0.119. The Kier molecular flexibility index (Phi) is 4.17. The molecule has 2 N–H and O–H groups in total. The number of nitrogens with zero attached hydrogens (tertiary/aromatic N) is 3. The van der Waals surface area contributed by atoms with Gasteiger partial charge in [0.15, 0.2) is 0 Å². The standard InChI is InChI=1S/C19H19N5O2/c20-11-13-14(12-7-3-1-4-8-12)15-16(21-17(13)25)22-19(23-18(15)26)24-9-5-2-6-10-24/h1,3-4,7-8,13-14H,2,5-6,9-10H2,(H2,21,22,23,25,26)/t13-,14-/m0/s1. The molecule has 7 heteroatoms. The summed E-state index contributed by atoms with van der Waals surface area (Å²) >= 11 is 0. The Labute approximate surface area is 150 Å². The van der Waals surface area contributed by atoms with E-state index >= 15 is 0 Å². The van der Waals surface area contributed by atoms with Gasteiger partial charge in [0.25, 0.3) is 5.56 Å². The molecule has 0 radical (unpaired) electrons. The van der Waals surface area contributed by atoms with Gasteiger partial charge in [0.1, 0.15) is 11.7 Å². The van der Waals surface area contributed by atoms with Crippen molar-refractivity contribution >= 4 is 17.7 Å². The van der Waals surface area contributed by atoms with Crippen LogP contribution in [0, 0.1) is 17.2 Å². The van der Waals surface area contributed by atoms with E-state index in [0.717, 1.165) is 31.5 Å². The topological polar surface area (TPSA) is 102 Å². The van der Waals surface area contributed by atoms with E-state index in [2.05, 4.69) is 15.3 Å². The number of benzene rings is 1. The molecule has 26 heavy (non-hydrogen) atoms. The number of aromatic amines is 1. The fourth-order valence-corrected chi connectivity index (χ4v) is 3.77. The maximum atomic E-state index is 12.9. The summed E-state index contributed by atoms with van der Waals surface area (Å²) in [6.45, 7) is 1.66. The average molecular weight is 349 g/mol. The molecule has 132 valence electrons. The fourth-order valence-electron chi connectivity index (χ4n) is 3.77. The highest BCUT2D eigenvalue weighted by atomic mass is 16.2. The molecule has 1 amide bonds. The summed E-state index contributed by atoms with van der Waals surface area (Å²) in [5.41, 5.74) is 0.806. The number of carbonyl (C=O) groups is 1. The maximum Gasteiger partial charge on any atom is 0.258 e. The molecule has 1 fully saturated rings. The number of aromatic nitrogens is 2. The molecule has 0 saturated carbocycles. The number of piperidine rings is 1. The molecule has 0 unspecified atom stereocenters. The van der Waals surface area contributed by atoms with E-state index in [9.17, 15) is 14.9 Å². The third-order valence-corrected chi connectivity index (χ3v) is 5.06. The first kappa shape index (κ1) is 16.3. The average Bonchev–Trinajstić information content (AvgIpc) is 2.68. The van der Waals surface area contributed by atoms with E-state index < -0.39 is 17.7 Å². The third kappa shape index (κ3) is 2.73. The number of amides is 1. The van der Waals surface area contributed by atoms with Gasteiger partial charge in [-0.05, 0) is 24.8 Å². The quantitative estimate of drug-likeness (QED) is 0.863. The molecule has 2 aliphatic heterocycles. The molecule has 2 atom stereocenters. The van der Waals surface area contributed by atoms with E-state index in [1.165, 1.54) is 6.42 Å². The van der Waals surface area contributed by atoms with Gasteiger partial charge in [-0.2, -0.15) is 10.2 Å². The smallest absolute Gasteiger partial charge is 0.258 e. The van der Waals surface area contributed by atoms with Crippen LogP contribution in [0.4, 0.5) is 11.8 Å². The zero-order valence-corrected chi connectivity index (χ0v) is 14.2. The van der Waals surface area contributed by atoms with Crippen molar-refractivity contribution in [2.24, 2.45) is 5.92 Å². The zero-order chi connectivity index (χ0) is 18.1. The minimum Gasteiger partial charge on any atom is -0.342 e. The number of anilines is 2. The summed E-state index contributed by atoms with van der Waals surface area (Å²) in [6, 6.07) is 11.2. The van der Waals surface area contributed by atoms with E-state index in [0.29, 0.717) is 11.5 Å². The first-order chi connectivity index (χ1) is 12.7. The maximum absolute atomic E-state index is 12.9. The lowest BCUT2D eigenvalue weighted by Gasteiger charge is -2.31. The highest BCUT2D eigenvalue weighted by Gasteiger charge is 2.40. The van der Waals surface area contributed by atoms with Crippen molar-refractivity contribution in [3.63, 3.8) is 0 Å². The van der Waals surface area contributed by atoms with Crippen molar-refractivity contribution in [1.29, 1.82) is 5.26 Å². The minimum atomic E-state index is -0.964. The van der Waals surface area contributed by atoms with Gasteiger partial charge in [0.05, 0.1) is 11.6 Å². The second-order valence-corrected chi connectivity index (χ2v) is 6.68. The van der Waals surface area contributed by atoms with Gasteiger partial charge >= 0.3 is 0 Å². The van der Waals surface area contributed by atoms with E-state index in [4.69, 9.17) is 0 Å². The molecule has 1 aromatic heterocycles. The Morgan fingerprint density at radius 1 is 1.12 bits per heavy atom. The number of fused-ring (bicyclic) bond motifs is 1. The number of carbonyl (C=O) groups excluding carboxylic acids is 1. The predicted molar refractivity (Wildman–Crippen MR) is 96.9 cm³/mol. The molecule has 1 aromatic carbocycles. The summed E-state index contributed by atoms with van der Waals surface area (Å²) in [7, 11) is 0. The largest absolute Gasteiger partial charge is 0.342 e. The molecular formula is C19H19N5O2. The minimum absolute atomic E-state index is 0.264. The number of hydrogen-bond acceptors (Lipinski definition) is 5. The van der Waals surface area contributed by atoms with E-state index in [1.807, 2.05) is 41.3 Å². The fraction of sp³-hybridized carbons (Fsp3) is 0.368. The van der Waals surface area contributed by atoms with E-state index in [1.54, 1.807) is 0 Å². The van der Waals surface area contributed by atoms with Crippen LogP contribution in [-0.4, -0.2) is 29.0 Å². The first-order valence-electron chi connectivity index (χ1n) is 8.83. The van der Waals surface area contributed by atoms with Gasteiger partial charge in [-0.25, -0.2) is 0 Å². The Morgan fingerprint density at radius 3 is 2.54 bits per heavy atom. The number of hydrogen-bond donors (Lipinski definition) is 2. The molecular weight excluding hydrogens is 330 g/mol. The van der Waals surface area contributed by atoms with Crippen LogP contribution in [0.15, 0.2) is 35.1 Å². The van der Waals surface area contributed by atoms with Gasteiger partial charge in [-0.15, -0.1) is 0 Å². The zero-order valence-electron chi connectivity index (χ0n) is 14.2. The van der Waals surface area contributed by atoms with Crippen LogP contribution in [-0.2, 0) is 4.79 Å². The van der Waals surface area contributed by atoms with Crippen molar-refractivity contribution in [1.82, 2.24) is 9.97 Å². The monoisotopic (exact) mass is 349 g/mol. The molecule has 3 heterocycles. The lowest BCUT2D eigenvalue weighted by atomic mass is 9.79. The summed E-state index contributed by atoms with van der Waals surface area (Å²) in [5.74, 6) is -1.27. The van der Waals surface area contributed by atoms with Crippen LogP contribution < -0.4 is 15.8 Å². The number of nitrogens with one attached hydrogen (secondary N) is 2. The Morgan fingerprint density at radius 2 is 1.85 bits per heavy atom. The number of H-pyrrole nitrogens is 1. The van der Waals surface area contributed by atoms with Crippen LogP contribution in [0.1, 0.15) is 36.3 Å². The van der Waals surface area contributed by atoms with Gasteiger partial charge in [0.2, 0.25) is 11.9 Å². The van der Waals surface area contributed by atoms with Crippen LogP contribution >= 0.6 is 0 Å². The second-order valence-electron chi connectivity index (χ2n) is 6.68. The molecule has 0 bridgehead atoms. The predicted octanol–water partition coefficient (Wildman–Crippen LogP) is 1.98. The summed E-state index contributed by atoms with van der Waals surface area (Å²) < 4.78 is 0. The first-order valence-corrected chi connectivity index (χ1v) is 8.83. The van der Waals surface area contributed by atoms with Crippen molar-refractivity contribution in [2.75, 3.05) is 23.3 Å².